The minimum absolute atomic E-state index is 0. The van der Waals surface area contributed by atoms with E-state index in [0.717, 1.165) is 36.4 Å². The normalized spacial score (nSPS) is 16.6. The largest absolute Gasteiger partial charge is 0.444 e. The highest BCUT2D eigenvalue weighted by atomic mass is 127. The summed E-state index contributed by atoms with van der Waals surface area (Å²) < 4.78 is 5.59. The first kappa shape index (κ1) is 22.2. The fourth-order valence-corrected chi connectivity index (χ4v) is 3.07. The van der Waals surface area contributed by atoms with E-state index in [0.29, 0.717) is 12.4 Å². The Bertz CT molecular complexity index is 504. The van der Waals surface area contributed by atoms with Crippen LogP contribution in [-0.2, 0) is 6.54 Å². The Hall–Kier alpha value is -0.830. The first-order valence-corrected chi connectivity index (χ1v) is 9.29. The van der Waals surface area contributed by atoms with Crippen molar-refractivity contribution < 1.29 is 4.42 Å². The number of aromatic nitrogens is 1. The Labute approximate surface area is 169 Å². The quantitative estimate of drug-likeness (QED) is 0.370. The van der Waals surface area contributed by atoms with Crippen LogP contribution in [0.4, 0.5) is 0 Å². The second-order valence-corrected chi connectivity index (χ2v) is 6.61. The maximum Gasteiger partial charge on any atom is 0.216 e. The second-order valence-electron chi connectivity index (χ2n) is 6.61. The minimum Gasteiger partial charge on any atom is -0.444 e. The van der Waals surface area contributed by atoms with Gasteiger partial charge in [0.15, 0.2) is 5.96 Å². The molecule has 0 aromatic carbocycles. The zero-order valence-corrected chi connectivity index (χ0v) is 18.4. The van der Waals surface area contributed by atoms with E-state index in [-0.39, 0.29) is 24.0 Å². The van der Waals surface area contributed by atoms with Crippen molar-refractivity contribution >= 4 is 29.9 Å². The number of aliphatic imine (C=N–C) groups is 1. The van der Waals surface area contributed by atoms with Gasteiger partial charge in [0.1, 0.15) is 12.3 Å². The molecule has 1 aliphatic heterocycles. The maximum atomic E-state index is 5.59. The third kappa shape index (κ3) is 7.52. The number of halogens is 1. The molecule has 1 fully saturated rings. The molecule has 0 atom stereocenters. The summed E-state index contributed by atoms with van der Waals surface area (Å²) in [7, 11) is 0. The number of oxazole rings is 1. The summed E-state index contributed by atoms with van der Waals surface area (Å²) >= 11 is 0. The molecular weight excluding hydrogens is 429 g/mol. The van der Waals surface area contributed by atoms with Crippen molar-refractivity contribution in [1.29, 1.82) is 0 Å². The number of nitrogens with one attached hydrogen (secondary N) is 2. The molecule has 1 aromatic rings. The standard InChI is InChI=1S/C18H33N5O.HI/c1-5-9-23-10-7-16(8-11-23)12-20-18(19-6-2)21-13-17-22-14(3)15(4)24-17;/h16H,5-13H2,1-4H3,(H2,19,20,21);1H. The van der Waals surface area contributed by atoms with Crippen molar-refractivity contribution in [2.75, 3.05) is 32.7 Å². The molecule has 144 valence electrons. The molecule has 0 bridgehead atoms. The van der Waals surface area contributed by atoms with E-state index < -0.39 is 0 Å². The van der Waals surface area contributed by atoms with Crippen molar-refractivity contribution in [2.24, 2.45) is 10.9 Å². The van der Waals surface area contributed by atoms with Crippen LogP contribution in [0.3, 0.4) is 0 Å². The average molecular weight is 463 g/mol. The van der Waals surface area contributed by atoms with Gasteiger partial charge in [-0.2, -0.15) is 0 Å². The highest BCUT2D eigenvalue weighted by Gasteiger charge is 2.18. The van der Waals surface area contributed by atoms with Gasteiger partial charge >= 0.3 is 0 Å². The fourth-order valence-electron chi connectivity index (χ4n) is 3.07. The van der Waals surface area contributed by atoms with Crippen molar-refractivity contribution in [1.82, 2.24) is 20.5 Å². The molecule has 2 rings (SSSR count). The number of nitrogens with zero attached hydrogens (tertiary/aromatic N) is 3. The summed E-state index contributed by atoms with van der Waals surface area (Å²) in [6, 6.07) is 0. The van der Waals surface area contributed by atoms with Crippen molar-refractivity contribution in [2.45, 2.75) is 53.5 Å². The summed E-state index contributed by atoms with van der Waals surface area (Å²) in [6.45, 7) is 14.2. The highest BCUT2D eigenvalue weighted by molar-refractivity contribution is 14.0. The first-order valence-electron chi connectivity index (χ1n) is 9.29. The molecule has 1 aromatic heterocycles. The number of guanidine groups is 1. The lowest BCUT2D eigenvalue weighted by Gasteiger charge is -2.32. The van der Waals surface area contributed by atoms with Crippen LogP contribution in [0.15, 0.2) is 9.41 Å². The van der Waals surface area contributed by atoms with Gasteiger partial charge in [0.05, 0.1) is 5.69 Å². The lowest BCUT2D eigenvalue weighted by Crippen LogP contribution is -2.43. The molecule has 0 saturated carbocycles. The Kier molecular flexibility index (Phi) is 10.4. The summed E-state index contributed by atoms with van der Waals surface area (Å²) in [5.74, 6) is 3.13. The van der Waals surface area contributed by atoms with Gasteiger partial charge in [0.2, 0.25) is 5.89 Å². The minimum atomic E-state index is 0. The molecule has 0 radical (unpaired) electrons. The van der Waals surface area contributed by atoms with Crippen LogP contribution < -0.4 is 10.6 Å². The Morgan fingerprint density at radius 3 is 2.52 bits per heavy atom. The van der Waals surface area contributed by atoms with Gasteiger partial charge in [0.25, 0.3) is 0 Å². The van der Waals surface area contributed by atoms with E-state index >= 15 is 0 Å². The van der Waals surface area contributed by atoms with Gasteiger partial charge in [-0.1, -0.05) is 6.92 Å². The first-order chi connectivity index (χ1) is 11.6. The highest BCUT2D eigenvalue weighted by Crippen LogP contribution is 2.16. The predicted octanol–water partition coefficient (Wildman–Crippen LogP) is 3.09. The van der Waals surface area contributed by atoms with Gasteiger partial charge in [-0.15, -0.1) is 24.0 Å². The number of likely N-dealkylation sites (tertiary alicyclic amines) is 1. The number of hydrogen-bond donors (Lipinski definition) is 2. The number of aryl methyl sites for hydroxylation is 2. The lowest BCUT2D eigenvalue weighted by atomic mass is 9.97. The second kappa shape index (κ2) is 11.7. The molecule has 0 aliphatic carbocycles. The SMILES string of the molecule is CCCN1CCC(CNC(=NCc2nc(C)c(C)o2)NCC)CC1.I. The number of rotatable bonds is 7. The smallest absolute Gasteiger partial charge is 0.216 e. The van der Waals surface area contributed by atoms with Crippen molar-refractivity contribution in [3.63, 3.8) is 0 Å². The van der Waals surface area contributed by atoms with Crippen LogP contribution >= 0.6 is 24.0 Å². The van der Waals surface area contributed by atoms with Gasteiger partial charge in [-0.25, -0.2) is 9.98 Å². The number of piperidine rings is 1. The van der Waals surface area contributed by atoms with E-state index in [9.17, 15) is 0 Å². The molecule has 7 heteroatoms. The molecule has 0 amide bonds. The predicted molar refractivity (Wildman–Crippen MR) is 114 cm³/mol. The van der Waals surface area contributed by atoms with Crippen LogP contribution in [0.5, 0.6) is 0 Å². The topological polar surface area (TPSA) is 65.7 Å². The molecule has 25 heavy (non-hydrogen) atoms. The Balaban J connectivity index is 0.00000312. The lowest BCUT2D eigenvalue weighted by molar-refractivity contribution is 0.185. The molecular formula is C18H34IN5O. The van der Waals surface area contributed by atoms with Crippen LogP contribution in [0.2, 0.25) is 0 Å². The molecule has 1 saturated heterocycles. The van der Waals surface area contributed by atoms with Gasteiger partial charge in [-0.3, -0.25) is 0 Å². The third-order valence-corrected chi connectivity index (χ3v) is 4.59. The average Bonchev–Trinajstić information content (AvgIpc) is 2.90. The van der Waals surface area contributed by atoms with E-state index in [1.54, 1.807) is 0 Å². The summed E-state index contributed by atoms with van der Waals surface area (Å²) in [5, 5.41) is 6.78. The fraction of sp³-hybridized carbons (Fsp3) is 0.778. The van der Waals surface area contributed by atoms with Gasteiger partial charge in [0, 0.05) is 13.1 Å². The molecule has 2 heterocycles. The zero-order valence-electron chi connectivity index (χ0n) is 16.1. The van der Waals surface area contributed by atoms with Crippen LogP contribution in [0.25, 0.3) is 0 Å². The monoisotopic (exact) mass is 463 g/mol. The van der Waals surface area contributed by atoms with E-state index in [2.05, 4.69) is 39.4 Å². The summed E-state index contributed by atoms with van der Waals surface area (Å²) in [4.78, 5) is 11.6. The van der Waals surface area contributed by atoms with Crippen molar-refractivity contribution in [3.05, 3.63) is 17.3 Å². The third-order valence-electron chi connectivity index (χ3n) is 4.59. The van der Waals surface area contributed by atoms with Crippen LogP contribution in [-0.4, -0.2) is 48.6 Å². The summed E-state index contributed by atoms with van der Waals surface area (Å²) in [5.41, 5.74) is 0.942. The molecule has 0 spiro atoms. The van der Waals surface area contributed by atoms with E-state index in [4.69, 9.17) is 4.42 Å². The Morgan fingerprint density at radius 1 is 1.24 bits per heavy atom. The van der Waals surface area contributed by atoms with E-state index in [1.807, 2.05) is 13.8 Å². The number of hydrogen-bond acceptors (Lipinski definition) is 4. The van der Waals surface area contributed by atoms with Gasteiger partial charge in [-0.05, 0) is 65.6 Å². The summed E-state index contributed by atoms with van der Waals surface area (Å²) in [6.07, 6.45) is 3.79. The Morgan fingerprint density at radius 2 is 1.96 bits per heavy atom. The van der Waals surface area contributed by atoms with E-state index in [1.165, 1.54) is 38.9 Å². The van der Waals surface area contributed by atoms with Crippen LogP contribution in [0.1, 0.15) is 50.5 Å². The van der Waals surface area contributed by atoms with Gasteiger partial charge < -0.3 is 20.0 Å². The zero-order chi connectivity index (χ0) is 17.4. The maximum absolute atomic E-state index is 5.59. The molecule has 1 aliphatic rings. The molecule has 0 unspecified atom stereocenters. The van der Waals surface area contributed by atoms with Crippen LogP contribution in [0, 0.1) is 19.8 Å². The molecule has 6 nitrogen and oxygen atoms in total. The molecule has 2 N–H and O–H groups in total. The van der Waals surface area contributed by atoms with Crippen molar-refractivity contribution in [3.8, 4) is 0 Å².